The summed E-state index contributed by atoms with van der Waals surface area (Å²) in [6.45, 7) is 0. The van der Waals surface area contributed by atoms with Crippen LogP contribution in [0.25, 0.3) is 0 Å². The molecule has 0 aromatic heterocycles. The number of hydrogen-bond acceptors (Lipinski definition) is 1. The van der Waals surface area contributed by atoms with E-state index >= 15 is 0 Å². The van der Waals surface area contributed by atoms with E-state index in [-0.39, 0.29) is 0 Å². The van der Waals surface area contributed by atoms with Crippen LogP contribution in [0.15, 0.2) is 22.7 Å². The fraction of sp³-hybridized carbons (Fsp3) is 0.250. The first-order chi connectivity index (χ1) is 5.11. The summed E-state index contributed by atoms with van der Waals surface area (Å²) >= 11 is 5.76. The fourth-order valence-electron chi connectivity index (χ4n) is 0.829. The Balaban J connectivity index is 3.13. The summed E-state index contributed by atoms with van der Waals surface area (Å²) in [6, 6.07) is 6.26. The SMILES string of the molecule is CN(C)c1cc(Br)ccc1I. The van der Waals surface area contributed by atoms with Gasteiger partial charge in [0.05, 0.1) is 5.69 Å². The Hall–Kier alpha value is 0.230. The van der Waals surface area contributed by atoms with Crippen LogP contribution in [-0.4, -0.2) is 14.1 Å². The van der Waals surface area contributed by atoms with Gasteiger partial charge in [0.1, 0.15) is 0 Å². The van der Waals surface area contributed by atoms with E-state index in [1.54, 1.807) is 0 Å². The molecule has 0 saturated heterocycles. The minimum atomic E-state index is 1.13. The highest BCUT2D eigenvalue weighted by atomic mass is 127. The molecular formula is C8H9BrIN. The lowest BCUT2D eigenvalue weighted by Crippen LogP contribution is -2.09. The lowest BCUT2D eigenvalue weighted by Gasteiger charge is -2.14. The average molecular weight is 326 g/mol. The van der Waals surface area contributed by atoms with Gasteiger partial charge in [-0.1, -0.05) is 15.9 Å². The van der Waals surface area contributed by atoms with Gasteiger partial charge in [0.2, 0.25) is 0 Å². The second kappa shape index (κ2) is 3.76. The standard InChI is InChI=1S/C8H9BrIN/c1-11(2)8-5-6(9)3-4-7(8)10/h3-5H,1-2H3. The van der Waals surface area contributed by atoms with Crippen LogP contribution in [0.3, 0.4) is 0 Å². The minimum absolute atomic E-state index is 1.13. The highest BCUT2D eigenvalue weighted by molar-refractivity contribution is 14.1. The topological polar surface area (TPSA) is 3.24 Å². The van der Waals surface area contributed by atoms with Crippen LogP contribution in [0.2, 0.25) is 0 Å². The van der Waals surface area contributed by atoms with Crippen LogP contribution in [0.1, 0.15) is 0 Å². The average Bonchev–Trinajstić information content (AvgIpc) is 1.94. The maximum Gasteiger partial charge on any atom is 0.0508 e. The van der Waals surface area contributed by atoms with E-state index in [4.69, 9.17) is 0 Å². The summed E-state index contributed by atoms with van der Waals surface area (Å²) in [5, 5.41) is 0. The van der Waals surface area contributed by atoms with Crippen molar-refractivity contribution < 1.29 is 0 Å². The fourth-order valence-corrected chi connectivity index (χ4v) is 2.00. The summed E-state index contributed by atoms with van der Waals surface area (Å²) in [5.74, 6) is 0. The maximum atomic E-state index is 3.43. The predicted molar refractivity (Wildman–Crippen MR) is 61.2 cm³/mol. The number of halogens is 2. The second-order valence-electron chi connectivity index (χ2n) is 2.49. The number of nitrogens with zero attached hydrogens (tertiary/aromatic N) is 1. The summed E-state index contributed by atoms with van der Waals surface area (Å²) in [4.78, 5) is 2.10. The third kappa shape index (κ3) is 2.33. The molecule has 0 atom stereocenters. The molecule has 0 spiro atoms. The lowest BCUT2D eigenvalue weighted by atomic mass is 10.3. The van der Waals surface area contributed by atoms with Crippen molar-refractivity contribution >= 4 is 44.2 Å². The van der Waals surface area contributed by atoms with E-state index in [0.717, 1.165) is 4.47 Å². The van der Waals surface area contributed by atoms with Gasteiger partial charge in [-0.05, 0) is 40.8 Å². The van der Waals surface area contributed by atoms with Crippen molar-refractivity contribution in [1.29, 1.82) is 0 Å². The molecule has 1 aromatic carbocycles. The Labute approximate surface area is 89.1 Å². The third-order valence-corrected chi connectivity index (χ3v) is 2.80. The first-order valence-electron chi connectivity index (χ1n) is 3.23. The van der Waals surface area contributed by atoms with E-state index in [2.05, 4.69) is 61.6 Å². The molecule has 0 saturated carbocycles. The van der Waals surface area contributed by atoms with Gasteiger partial charge in [0, 0.05) is 22.1 Å². The number of rotatable bonds is 1. The van der Waals surface area contributed by atoms with Crippen molar-refractivity contribution in [1.82, 2.24) is 0 Å². The number of hydrogen-bond donors (Lipinski definition) is 0. The molecule has 0 heterocycles. The normalized spacial score (nSPS) is 9.82. The van der Waals surface area contributed by atoms with Gasteiger partial charge in [-0.2, -0.15) is 0 Å². The highest BCUT2D eigenvalue weighted by Crippen LogP contribution is 2.24. The molecule has 1 rings (SSSR count). The molecule has 0 fully saturated rings. The number of anilines is 1. The molecule has 0 unspecified atom stereocenters. The van der Waals surface area contributed by atoms with Crippen molar-refractivity contribution in [2.45, 2.75) is 0 Å². The molecule has 3 heteroatoms. The first-order valence-corrected chi connectivity index (χ1v) is 5.11. The van der Waals surface area contributed by atoms with E-state index in [9.17, 15) is 0 Å². The monoisotopic (exact) mass is 325 g/mol. The van der Waals surface area contributed by atoms with E-state index in [1.807, 2.05) is 14.1 Å². The molecule has 60 valence electrons. The molecule has 0 aliphatic rings. The number of benzene rings is 1. The van der Waals surface area contributed by atoms with Crippen molar-refractivity contribution in [3.63, 3.8) is 0 Å². The Morgan fingerprint density at radius 2 is 2.00 bits per heavy atom. The quantitative estimate of drug-likeness (QED) is 0.717. The zero-order chi connectivity index (χ0) is 8.43. The molecule has 11 heavy (non-hydrogen) atoms. The van der Waals surface area contributed by atoms with Crippen molar-refractivity contribution in [3.05, 3.63) is 26.2 Å². The zero-order valence-corrected chi connectivity index (χ0v) is 10.2. The van der Waals surface area contributed by atoms with Crippen molar-refractivity contribution in [2.75, 3.05) is 19.0 Å². The first kappa shape index (κ1) is 9.32. The molecular weight excluding hydrogens is 317 g/mol. The zero-order valence-electron chi connectivity index (χ0n) is 6.44. The van der Waals surface area contributed by atoms with E-state index in [0.29, 0.717) is 0 Å². The Morgan fingerprint density at radius 1 is 1.36 bits per heavy atom. The summed E-state index contributed by atoms with van der Waals surface area (Å²) < 4.78 is 2.40. The minimum Gasteiger partial charge on any atom is -0.377 e. The van der Waals surface area contributed by atoms with Crippen molar-refractivity contribution in [2.24, 2.45) is 0 Å². The Kier molecular flexibility index (Phi) is 3.18. The van der Waals surface area contributed by atoms with Crippen LogP contribution in [0, 0.1) is 3.57 Å². The second-order valence-corrected chi connectivity index (χ2v) is 4.57. The lowest BCUT2D eigenvalue weighted by molar-refractivity contribution is 1.12. The Morgan fingerprint density at radius 3 is 2.45 bits per heavy atom. The molecule has 0 aliphatic carbocycles. The van der Waals surface area contributed by atoms with Gasteiger partial charge in [-0.15, -0.1) is 0 Å². The molecule has 1 nitrogen and oxygen atoms in total. The van der Waals surface area contributed by atoms with Crippen LogP contribution < -0.4 is 4.90 Å². The predicted octanol–water partition coefficient (Wildman–Crippen LogP) is 3.12. The third-order valence-electron chi connectivity index (χ3n) is 1.39. The van der Waals surface area contributed by atoms with Gasteiger partial charge in [0.15, 0.2) is 0 Å². The van der Waals surface area contributed by atoms with Crippen LogP contribution in [0.5, 0.6) is 0 Å². The molecule has 1 aromatic rings. The van der Waals surface area contributed by atoms with Crippen LogP contribution >= 0.6 is 38.5 Å². The molecule has 0 bridgehead atoms. The van der Waals surface area contributed by atoms with Gasteiger partial charge >= 0.3 is 0 Å². The van der Waals surface area contributed by atoms with Gasteiger partial charge in [-0.3, -0.25) is 0 Å². The highest BCUT2D eigenvalue weighted by Gasteiger charge is 2.00. The van der Waals surface area contributed by atoms with Gasteiger partial charge in [0.25, 0.3) is 0 Å². The molecule has 0 amide bonds. The van der Waals surface area contributed by atoms with Crippen LogP contribution in [-0.2, 0) is 0 Å². The van der Waals surface area contributed by atoms with Crippen molar-refractivity contribution in [3.8, 4) is 0 Å². The maximum absolute atomic E-state index is 3.43. The Bertz CT molecular complexity index is 260. The summed E-state index contributed by atoms with van der Waals surface area (Å²) in [5.41, 5.74) is 1.25. The van der Waals surface area contributed by atoms with Gasteiger partial charge in [-0.25, -0.2) is 0 Å². The molecule has 0 N–H and O–H groups in total. The molecule has 0 radical (unpaired) electrons. The van der Waals surface area contributed by atoms with E-state index < -0.39 is 0 Å². The van der Waals surface area contributed by atoms with E-state index in [1.165, 1.54) is 9.26 Å². The molecule has 0 aliphatic heterocycles. The smallest absolute Gasteiger partial charge is 0.0508 e. The largest absolute Gasteiger partial charge is 0.377 e. The summed E-state index contributed by atoms with van der Waals surface area (Å²) in [7, 11) is 4.09. The van der Waals surface area contributed by atoms with Gasteiger partial charge < -0.3 is 4.90 Å². The summed E-state index contributed by atoms with van der Waals surface area (Å²) in [6.07, 6.45) is 0. The van der Waals surface area contributed by atoms with Crippen LogP contribution in [0.4, 0.5) is 5.69 Å².